The Balaban J connectivity index is 2.04. The molecule has 6 nitrogen and oxygen atoms in total. The quantitative estimate of drug-likeness (QED) is 0.600. The van der Waals surface area contributed by atoms with E-state index in [1.807, 2.05) is 43.7 Å². The third kappa shape index (κ3) is 3.35. The molecule has 2 aromatic rings. The zero-order valence-corrected chi connectivity index (χ0v) is 16.2. The third-order valence-corrected chi connectivity index (χ3v) is 4.51. The van der Waals surface area contributed by atoms with Crippen molar-refractivity contribution in [3.8, 4) is 0 Å². The fourth-order valence-electron chi connectivity index (χ4n) is 2.75. The van der Waals surface area contributed by atoms with Crippen molar-refractivity contribution < 1.29 is 14.4 Å². The van der Waals surface area contributed by atoms with E-state index in [2.05, 4.69) is 21.2 Å². The monoisotopic (exact) mass is 415 g/mol. The number of hydrogen-bond acceptors (Lipinski definition) is 3. The molecule has 0 bridgehead atoms. The molecule has 1 aromatic carbocycles. The van der Waals surface area contributed by atoms with Gasteiger partial charge in [-0.1, -0.05) is 15.9 Å². The summed E-state index contributed by atoms with van der Waals surface area (Å²) in [6.45, 7) is 6.07. The highest BCUT2D eigenvalue weighted by Gasteiger charge is 2.37. The maximum absolute atomic E-state index is 12.9. The zero-order chi connectivity index (χ0) is 19.1. The second-order valence-electron chi connectivity index (χ2n) is 6.91. The fraction of sp³-hybridized carbons (Fsp3) is 0.211. The number of carbonyl (C=O) groups is 3. The van der Waals surface area contributed by atoms with Gasteiger partial charge >= 0.3 is 6.03 Å². The van der Waals surface area contributed by atoms with Crippen molar-refractivity contribution in [1.82, 2.24) is 9.88 Å². The molecule has 7 heteroatoms. The molecule has 0 unspecified atom stereocenters. The molecule has 1 aromatic heterocycles. The van der Waals surface area contributed by atoms with Gasteiger partial charge in [0.15, 0.2) is 0 Å². The van der Waals surface area contributed by atoms with E-state index in [1.165, 1.54) is 6.08 Å². The van der Waals surface area contributed by atoms with Crippen LogP contribution in [0.4, 0.5) is 10.5 Å². The summed E-state index contributed by atoms with van der Waals surface area (Å²) in [7, 11) is 0. The van der Waals surface area contributed by atoms with Crippen molar-refractivity contribution in [2.75, 3.05) is 4.90 Å². The van der Waals surface area contributed by atoms with E-state index in [4.69, 9.17) is 0 Å². The van der Waals surface area contributed by atoms with Crippen LogP contribution < -0.4 is 10.2 Å². The van der Waals surface area contributed by atoms with Gasteiger partial charge in [0.05, 0.1) is 5.69 Å². The summed E-state index contributed by atoms with van der Waals surface area (Å²) < 4.78 is 2.78. The number of anilines is 1. The molecule has 3 rings (SSSR count). The fourth-order valence-corrected chi connectivity index (χ4v) is 3.02. The zero-order valence-electron chi connectivity index (χ0n) is 14.6. The molecule has 2 heterocycles. The van der Waals surface area contributed by atoms with Gasteiger partial charge < -0.3 is 4.57 Å². The highest BCUT2D eigenvalue weighted by Crippen LogP contribution is 2.25. The number of barbiturate groups is 1. The van der Waals surface area contributed by atoms with E-state index < -0.39 is 17.8 Å². The predicted octanol–water partition coefficient (Wildman–Crippen LogP) is 3.67. The summed E-state index contributed by atoms with van der Waals surface area (Å²) in [6.07, 6.45) is 3.40. The van der Waals surface area contributed by atoms with Gasteiger partial charge in [0, 0.05) is 21.9 Å². The van der Waals surface area contributed by atoms with Gasteiger partial charge in [-0.2, -0.15) is 0 Å². The minimum atomic E-state index is -0.759. The van der Waals surface area contributed by atoms with E-state index in [0.717, 1.165) is 9.37 Å². The molecule has 1 fully saturated rings. The lowest BCUT2D eigenvalue weighted by atomic mass is 10.1. The van der Waals surface area contributed by atoms with Crippen LogP contribution >= 0.6 is 15.9 Å². The Morgan fingerprint density at radius 3 is 2.31 bits per heavy atom. The van der Waals surface area contributed by atoms with Crippen molar-refractivity contribution in [3.05, 3.63) is 58.3 Å². The summed E-state index contributed by atoms with van der Waals surface area (Å²) in [5.41, 5.74) is 0.795. The number of imide groups is 2. The largest absolute Gasteiger partial charge is 0.343 e. The van der Waals surface area contributed by atoms with Gasteiger partial charge in [-0.05, 0) is 63.2 Å². The maximum Gasteiger partial charge on any atom is 0.335 e. The molecule has 1 N–H and O–H groups in total. The van der Waals surface area contributed by atoms with E-state index >= 15 is 0 Å². The molecule has 134 valence electrons. The number of carbonyl (C=O) groups excluding carboxylic acids is 3. The Kier molecular flexibility index (Phi) is 4.58. The molecule has 0 saturated carbocycles. The van der Waals surface area contributed by atoms with Crippen LogP contribution in [0.2, 0.25) is 0 Å². The molecule has 1 saturated heterocycles. The highest BCUT2D eigenvalue weighted by molar-refractivity contribution is 9.10. The van der Waals surface area contributed by atoms with Crippen molar-refractivity contribution in [2.45, 2.75) is 26.3 Å². The first-order valence-corrected chi connectivity index (χ1v) is 8.82. The normalized spacial score (nSPS) is 17.0. The van der Waals surface area contributed by atoms with Gasteiger partial charge in [-0.25, -0.2) is 9.69 Å². The second-order valence-corrected chi connectivity index (χ2v) is 7.82. The van der Waals surface area contributed by atoms with Crippen LogP contribution in [0.1, 0.15) is 26.5 Å². The Labute approximate surface area is 159 Å². The van der Waals surface area contributed by atoms with Crippen molar-refractivity contribution in [2.24, 2.45) is 0 Å². The SMILES string of the molecule is CC(C)(C)n1cccc1/C=C1/C(=O)NC(=O)N(c2ccc(Br)cc2)C1=O. The van der Waals surface area contributed by atoms with Crippen molar-refractivity contribution in [1.29, 1.82) is 0 Å². The number of nitrogens with zero attached hydrogens (tertiary/aromatic N) is 2. The molecular weight excluding hydrogens is 398 g/mol. The number of aromatic nitrogens is 1. The van der Waals surface area contributed by atoms with Crippen LogP contribution in [0.25, 0.3) is 6.08 Å². The van der Waals surface area contributed by atoms with Gasteiger partial charge in [-0.15, -0.1) is 0 Å². The summed E-state index contributed by atoms with van der Waals surface area (Å²) >= 11 is 3.32. The minimum absolute atomic E-state index is 0.0864. The third-order valence-electron chi connectivity index (χ3n) is 3.98. The molecule has 0 atom stereocenters. The average molecular weight is 416 g/mol. The Hall–Kier alpha value is -2.67. The lowest BCUT2D eigenvalue weighted by Gasteiger charge is -2.27. The van der Waals surface area contributed by atoms with Gasteiger partial charge in [0.2, 0.25) is 0 Å². The van der Waals surface area contributed by atoms with Gasteiger partial charge in [0.25, 0.3) is 11.8 Å². The summed E-state index contributed by atoms with van der Waals surface area (Å²) in [5.74, 6) is -1.35. The minimum Gasteiger partial charge on any atom is -0.343 e. The molecule has 1 aliphatic heterocycles. The Morgan fingerprint density at radius 1 is 1.04 bits per heavy atom. The Morgan fingerprint density at radius 2 is 1.69 bits per heavy atom. The van der Waals surface area contributed by atoms with E-state index in [0.29, 0.717) is 11.4 Å². The lowest BCUT2D eigenvalue weighted by Crippen LogP contribution is -2.54. The smallest absolute Gasteiger partial charge is 0.335 e. The molecule has 0 radical (unpaired) electrons. The number of urea groups is 1. The summed E-state index contributed by atoms with van der Waals surface area (Å²) in [6, 6.07) is 9.62. The molecule has 26 heavy (non-hydrogen) atoms. The standard InChI is InChI=1S/C19H18BrN3O3/c1-19(2,3)22-10-4-5-14(22)11-15-16(24)21-18(26)23(17(15)25)13-8-6-12(20)7-9-13/h4-11H,1-3H3,(H,21,24,26)/b15-11-. The van der Waals surface area contributed by atoms with E-state index in [1.54, 1.807) is 24.3 Å². The molecule has 0 spiro atoms. The number of halogens is 1. The number of hydrogen-bond donors (Lipinski definition) is 1. The summed E-state index contributed by atoms with van der Waals surface area (Å²) in [5, 5.41) is 2.23. The van der Waals surface area contributed by atoms with Crippen LogP contribution in [0.3, 0.4) is 0 Å². The second kappa shape index (κ2) is 6.57. The first kappa shape index (κ1) is 18.1. The predicted molar refractivity (Wildman–Crippen MR) is 103 cm³/mol. The first-order chi connectivity index (χ1) is 12.2. The molecular formula is C19H18BrN3O3. The molecule has 4 amide bonds. The molecule has 0 aliphatic carbocycles. The van der Waals surface area contributed by atoms with Crippen LogP contribution in [0.15, 0.2) is 52.6 Å². The highest BCUT2D eigenvalue weighted by atomic mass is 79.9. The van der Waals surface area contributed by atoms with Crippen LogP contribution in [-0.2, 0) is 15.1 Å². The maximum atomic E-state index is 12.9. The number of rotatable bonds is 2. The lowest BCUT2D eigenvalue weighted by molar-refractivity contribution is -0.122. The molecule has 1 aliphatic rings. The average Bonchev–Trinajstić information content (AvgIpc) is 3.01. The number of benzene rings is 1. The number of amides is 4. The number of nitrogens with one attached hydrogen (secondary N) is 1. The van der Waals surface area contributed by atoms with Crippen molar-refractivity contribution >= 4 is 45.5 Å². The Bertz CT molecular complexity index is 920. The summed E-state index contributed by atoms with van der Waals surface area (Å²) in [4.78, 5) is 38.3. The topological polar surface area (TPSA) is 71.4 Å². The van der Waals surface area contributed by atoms with E-state index in [9.17, 15) is 14.4 Å². The van der Waals surface area contributed by atoms with Crippen molar-refractivity contribution in [3.63, 3.8) is 0 Å². The van der Waals surface area contributed by atoms with Crippen LogP contribution in [0.5, 0.6) is 0 Å². The van der Waals surface area contributed by atoms with Crippen LogP contribution in [-0.4, -0.2) is 22.4 Å². The van der Waals surface area contributed by atoms with Gasteiger partial charge in [0.1, 0.15) is 5.57 Å². The van der Waals surface area contributed by atoms with Crippen LogP contribution in [0, 0.1) is 0 Å². The first-order valence-electron chi connectivity index (χ1n) is 8.03. The van der Waals surface area contributed by atoms with E-state index in [-0.39, 0.29) is 11.1 Å². The van der Waals surface area contributed by atoms with Gasteiger partial charge in [-0.3, -0.25) is 14.9 Å².